The molecule has 10 heteroatoms. The van der Waals surface area contributed by atoms with Crippen molar-refractivity contribution in [1.82, 2.24) is 5.32 Å². The van der Waals surface area contributed by atoms with Gasteiger partial charge in [0.15, 0.2) is 0 Å². The molecule has 5 aliphatic rings. The second-order valence-corrected chi connectivity index (χ2v) is 12.6. The minimum atomic E-state index is -0.652. The predicted molar refractivity (Wildman–Crippen MR) is 147 cm³/mol. The van der Waals surface area contributed by atoms with Crippen molar-refractivity contribution in [2.45, 2.75) is 96.7 Å². The fourth-order valence-electron chi connectivity index (χ4n) is 7.48. The molecule has 5 unspecified atom stereocenters. The first-order valence-corrected chi connectivity index (χ1v) is 14.7. The van der Waals surface area contributed by atoms with Gasteiger partial charge in [0.05, 0.1) is 30.7 Å². The molecule has 1 saturated heterocycles. The minimum Gasteiger partial charge on any atom is -0.496 e. The van der Waals surface area contributed by atoms with Crippen molar-refractivity contribution in [3.05, 3.63) is 29.3 Å². The second kappa shape index (κ2) is 11.4. The highest BCUT2D eigenvalue weighted by Crippen LogP contribution is 2.65. The normalized spacial score (nSPS) is 29.2. The van der Waals surface area contributed by atoms with Crippen LogP contribution in [0.15, 0.2) is 18.2 Å². The van der Waals surface area contributed by atoms with Crippen LogP contribution in [0.4, 0.5) is 0 Å². The number of hydrogen-bond acceptors (Lipinski definition) is 8. The van der Waals surface area contributed by atoms with Crippen LogP contribution in [0.3, 0.4) is 0 Å². The topological polar surface area (TPSA) is 109 Å². The average molecular weight is 555 g/mol. The third-order valence-corrected chi connectivity index (χ3v) is 10.0. The van der Waals surface area contributed by atoms with Gasteiger partial charge in [0.1, 0.15) is 11.3 Å². The minimum absolute atomic E-state index is 0.0227. The standard InChI is InChI=1S/C30H42BNO8/c1-6-25(33)32-24(31-39-23-16-20-15-22(29(20,2)3)30(23,4)40-31)14-19-12-9-13-21(26(19)36-5)28(35)38-17-37-27(34)18-10-7-8-11-18/h9,12-13,18,20,22-24H,6-8,10-11,14-17H2,1-5H3,(H,32,33). The lowest BCUT2D eigenvalue weighted by molar-refractivity contribution is -0.199. The van der Waals surface area contributed by atoms with Gasteiger partial charge in [0, 0.05) is 6.42 Å². The third kappa shape index (κ3) is 5.25. The number of nitrogens with one attached hydrogen (secondary N) is 1. The number of amides is 1. The monoisotopic (exact) mass is 555 g/mol. The van der Waals surface area contributed by atoms with Crippen molar-refractivity contribution in [1.29, 1.82) is 0 Å². The van der Waals surface area contributed by atoms with Gasteiger partial charge >= 0.3 is 19.1 Å². The van der Waals surface area contributed by atoms with Crippen molar-refractivity contribution in [2.24, 2.45) is 23.2 Å². The summed E-state index contributed by atoms with van der Waals surface area (Å²) < 4.78 is 29.3. The Morgan fingerprint density at radius 3 is 2.55 bits per heavy atom. The number of benzene rings is 1. The molecule has 2 bridgehead atoms. The molecule has 1 heterocycles. The lowest BCUT2D eigenvalue weighted by Gasteiger charge is -2.64. The van der Waals surface area contributed by atoms with E-state index in [1.165, 1.54) is 7.11 Å². The summed E-state index contributed by atoms with van der Waals surface area (Å²) >= 11 is 0. The molecule has 40 heavy (non-hydrogen) atoms. The largest absolute Gasteiger partial charge is 0.496 e. The fraction of sp³-hybridized carbons (Fsp3) is 0.700. The number of ether oxygens (including phenoxy) is 3. The number of methoxy groups -OCH3 is 1. The van der Waals surface area contributed by atoms with Crippen LogP contribution >= 0.6 is 0 Å². The second-order valence-electron chi connectivity index (χ2n) is 12.6. The van der Waals surface area contributed by atoms with E-state index < -0.39 is 31.4 Å². The molecular weight excluding hydrogens is 513 g/mol. The number of hydrogen-bond donors (Lipinski definition) is 1. The van der Waals surface area contributed by atoms with Gasteiger partial charge in [-0.1, -0.05) is 45.7 Å². The molecule has 5 atom stereocenters. The van der Waals surface area contributed by atoms with Gasteiger partial charge in [-0.3, -0.25) is 9.59 Å². The quantitative estimate of drug-likeness (QED) is 0.259. The van der Waals surface area contributed by atoms with Gasteiger partial charge in [-0.05, 0) is 67.9 Å². The van der Waals surface area contributed by atoms with E-state index in [1.54, 1.807) is 19.1 Å². The molecule has 1 aliphatic heterocycles. The zero-order valence-electron chi connectivity index (χ0n) is 24.3. The number of para-hydroxylation sites is 1. The first-order valence-electron chi connectivity index (χ1n) is 14.7. The van der Waals surface area contributed by atoms with Crippen molar-refractivity contribution < 1.29 is 37.9 Å². The highest BCUT2D eigenvalue weighted by atomic mass is 16.7. The maximum atomic E-state index is 12.9. The molecule has 6 rings (SSSR count). The van der Waals surface area contributed by atoms with E-state index in [0.29, 0.717) is 36.0 Å². The summed E-state index contributed by atoms with van der Waals surface area (Å²) in [7, 11) is 0.860. The van der Waals surface area contributed by atoms with E-state index in [9.17, 15) is 14.4 Å². The number of carbonyl (C=O) groups excluding carboxylic acids is 3. The van der Waals surface area contributed by atoms with Crippen LogP contribution in [0, 0.1) is 23.2 Å². The summed E-state index contributed by atoms with van der Waals surface area (Å²) in [6, 6.07) is 5.20. The van der Waals surface area contributed by atoms with Crippen LogP contribution in [0.2, 0.25) is 0 Å². The summed E-state index contributed by atoms with van der Waals surface area (Å²) in [6.45, 7) is 8.13. The van der Waals surface area contributed by atoms with Gasteiger partial charge in [0.25, 0.3) is 0 Å². The SMILES string of the molecule is CCC(=O)NC(Cc1cccc(C(=O)OCOC(=O)C2CCCC2)c1OC)B1OC2CC3CC(C3(C)C)C2(C)O1. The zero-order valence-corrected chi connectivity index (χ0v) is 24.3. The van der Waals surface area contributed by atoms with Crippen molar-refractivity contribution in [3.8, 4) is 5.75 Å². The Morgan fingerprint density at radius 2 is 1.88 bits per heavy atom. The lowest BCUT2D eigenvalue weighted by Crippen LogP contribution is -2.65. The molecule has 5 fully saturated rings. The van der Waals surface area contributed by atoms with Gasteiger partial charge < -0.3 is 28.8 Å². The average Bonchev–Trinajstić information content (AvgIpc) is 3.60. The van der Waals surface area contributed by atoms with E-state index in [-0.39, 0.29) is 34.9 Å². The van der Waals surface area contributed by atoms with Gasteiger partial charge in [-0.2, -0.15) is 0 Å². The number of carbonyl (C=O) groups is 3. The number of esters is 2. The lowest BCUT2D eigenvalue weighted by atomic mass is 9.43. The molecular formula is C30H42BNO8. The molecule has 9 nitrogen and oxygen atoms in total. The molecule has 1 aromatic carbocycles. The van der Waals surface area contributed by atoms with Gasteiger partial charge in [-0.15, -0.1) is 0 Å². The van der Waals surface area contributed by atoms with Crippen LogP contribution in [0.25, 0.3) is 0 Å². The Kier molecular flexibility index (Phi) is 8.21. The van der Waals surface area contributed by atoms with Gasteiger partial charge in [-0.25, -0.2) is 4.79 Å². The highest BCUT2D eigenvalue weighted by Gasteiger charge is 2.68. The first kappa shape index (κ1) is 28.9. The third-order valence-electron chi connectivity index (χ3n) is 10.0. The summed E-state index contributed by atoms with van der Waals surface area (Å²) in [5.41, 5.74) is 0.714. The van der Waals surface area contributed by atoms with Crippen LogP contribution in [0.5, 0.6) is 5.75 Å². The predicted octanol–water partition coefficient (Wildman–Crippen LogP) is 4.25. The molecule has 1 aromatic rings. The Morgan fingerprint density at radius 1 is 1.12 bits per heavy atom. The first-order chi connectivity index (χ1) is 19.1. The van der Waals surface area contributed by atoms with Crippen LogP contribution < -0.4 is 10.1 Å². The van der Waals surface area contributed by atoms with Crippen molar-refractivity contribution >= 4 is 25.0 Å². The molecule has 0 spiro atoms. The molecule has 4 aliphatic carbocycles. The number of rotatable bonds is 10. The maximum absolute atomic E-state index is 12.9. The fourth-order valence-corrected chi connectivity index (χ4v) is 7.48. The maximum Gasteiger partial charge on any atom is 0.482 e. The highest BCUT2D eigenvalue weighted by molar-refractivity contribution is 6.48. The molecule has 218 valence electrons. The van der Waals surface area contributed by atoms with E-state index >= 15 is 0 Å². The van der Waals surface area contributed by atoms with Gasteiger partial charge in [0.2, 0.25) is 12.7 Å². The van der Waals surface area contributed by atoms with Crippen LogP contribution in [-0.2, 0) is 34.8 Å². The molecule has 0 aromatic heterocycles. The molecule has 1 amide bonds. The summed E-state index contributed by atoms with van der Waals surface area (Å²) in [5, 5.41) is 3.09. The summed E-state index contributed by atoms with van der Waals surface area (Å²) in [4.78, 5) is 37.7. The van der Waals surface area contributed by atoms with Crippen LogP contribution in [-0.4, -0.2) is 56.5 Å². The molecule has 0 radical (unpaired) electrons. The van der Waals surface area contributed by atoms with E-state index in [2.05, 4.69) is 26.1 Å². The molecule has 4 saturated carbocycles. The summed E-state index contributed by atoms with van der Waals surface area (Å²) in [5.74, 6) is -0.338. The Balaban J connectivity index is 1.29. The smallest absolute Gasteiger partial charge is 0.482 e. The van der Waals surface area contributed by atoms with E-state index in [1.807, 2.05) is 6.07 Å². The van der Waals surface area contributed by atoms with Crippen molar-refractivity contribution in [3.63, 3.8) is 0 Å². The summed E-state index contributed by atoms with van der Waals surface area (Å²) in [6.07, 6.45) is 6.36. The Hall–Kier alpha value is -2.59. The Labute approximate surface area is 237 Å². The Bertz CT molecular complexity index is 1130. The molecule has 1 N–H and O–H groups in total. The van der Waals surface area contributed by atoms with E-state index in [0.717, 1.165) is 38.5 Å². The zero-order chi connectivity index (χ0) is 28.7. The van der Waals surface area contributed by atoms with Crippen molar-refractivity contribution in [2.75, 3.05) is 13.9 Å². The van der Waals surface area contributed by atoms with E-state index in [4.69, 9.17) is 23.5 Å². The van der Waals surface area contributed by atoms with Crippen LogP contribution in [0.1, 0.15) is 88.6 Å².